The number of imidazole rings is 1. The van der Waals surface area contributed by atoms with Crippen molar-refractivity contribution in [2.75, 3.05) is 0 Å². The van der Waals surface area contributed by atoms with Crippen LogP contribution in [0.15, 0.2) is 36.4 Å². The summed E-state index contributed by atoms with van der Waals surface area (Å²) in [6.45, 7) is 6.96. The van der Waals surface area contributed by atoms with E-state index in [9.17, 15) is 4.39 Å². The van der Waals surface area contributed by atoms with Gasteiger partial charge in [-0.2, -0.15) is 0 Å². The van der Waals surface area contributed by atoms with Gasteiger partial charge in [-0.1, -0.05) is 6.92 Å². The van der Waals surface area contributed by atoms with Crippen molar-refractivity contribution in [2.24, 2.45) is 5.73 Å². The van der Waals surface area contributed by atoms with Crippen LogP contribution in [0, 0.1) is 19.7 Å². The molecule has 1 heterocycles. The van der Waals surface area contributed by atoms with Gasteiger partial charge in [0.05, 0.1) is 11.0 Å². The van der Waals surface area contributed by atoms with E-state index in [0.717, 1.165) is 28.8 Å². The highest BCUT2D eigenvalue weighted by Crippen LogP contribution is 2.27. The lowest BCUT2D eigenvalue weighted by Gasteiger charge is -2.14. The third-order valence-corrected chi connectivity index (χ3v) is 4.41. The second-order valence-corrected chi connectivity index (χ2v) is 6.15. The topological polar surface area (TPSA) is 43.8 Å². The minimum Gasteiger partial charge on any atom is -0.326 e. The molecule has 0 aliphatic carbocycles. The van der Waals surface area contributed by atoms with Gasteiger partial charge >= 0.3 is 0 Å². The highest BCUT2D eigenvalue weighted by molar-refractivity contribution is 5.82. The van der Waals surface area contributed by atoms with E-state index < -0.39 is 0 Å². The molecule has 1 atom stereocenters. The lowest BCUT2D eigenvalue weighted by Crippen LogP contribution is -2.25. The van der Waals surface area contributed by atoms with Gasteiger partial charge in [-0.15, -0.1) is 0 Å². The Balaban J connectivity index is 2.22. The molecule has 0 saturated carbocycles. The molecule has 23 heavy (non-hydrogen) atoms. The fourth-order valence-electron chi connectivity index (χ4n) is 2.75. The van der Waals surface area contributed by atoms with E-state index in [4.69, 9.17) is 10.7 Å². The number of rotatable bonds is 4. The Labute approximate surface area is 136 Å². The first-order valence-corrected chi connectivity index (χ1v) is 7.98. The zero-order chi connectivity index (χ0) is 16.6. The van der Waals surface area contributed by atoms with Crippen LogP contribution in [0.25, 0.3) is 22.4 Å². The number of benzene rings is 2. The third kappa shape index (κ3) is 2.99. The van der Waals surface area contributed by atoms with E-state index in [-0.39, 0.29) is 11.9 Å². The molecule has 4 heteroatoms. The van der Waals surface area contributed by atoms with Crippen molar-refractivity contribution in [2.45, 2.75) is 39.8 Å². The van der Waals surface area contributed by atoms with Crippen LogP contribution < -0.4 is 5.73 Å². The highest BCUT2D eigenvalue weighted by Gasteiger charge is 2.15. The second kappa shape index (κ2) is 6.13. The Morgan fingerprint density at radius 1 is 1.13 bits per heavy atom. The molecule has 2 aromatic carbocycles. The Morgan fingerprint density at radius 3 is 2.43 bits per heavy atom. The molecule has 0 aliphatic heterocycles. The van der Waals surface area contributed by atoms with Crippen LogP contribution in [0.1, 0.15) is 24.5 Å². The van der Waals surface area contributed by atoms with Crippen LogP contribution in [-0.4, -0.2) is 15.6 Å². The average Bonchev–Trinajstić information content (AvgIpc) is 2.86. The van der Waals surface area contributed by atoms with Gasteiger partial charge in [-0.3, -0.25) is 0 Å². The van der Waals surface area contributed by atoms with Gasteiger partial charge < -0.3 is 10.3 Å². The highest BCUT2D eigenvalue weighted by atomic mass is 19.1. The summed E-state index contributed by atoms with van der Waals surface area (Å²) in [5.74, 6) is 0.599. The number of fused-ring (bicyclic) bond motifs is 1. The average molecular weight is 311 g/mol. The van der Waals surface area contributed by atoms with Crippen LogP contribution >= 0.6 is 0 Å². The van der Waals surface area contributed by atoms with Gasteiger partial charge in [0.25, 0.3) is 0 Å². The fourth-order valence-corrected chi connectivity index (χ4v) is 2.75. The number of hydrogen-bond donors (Lipinski definition) is 1. The lowest BCUT2D eigenvalue weighted by molar-refractivity contribution is 0.551. The Morgan fingerprint density at radius 2 is 1.78 bits per heavy atom. The number of nitrogens with two attached hydrogens (primary N) is 1. The summed E-state index contributed by atoms with van der Waals surface area (Å²) < 4.78 is 15.4. The monoisotopic (exact) mass is 311 g/mol. The van der Waals surface area contributed by atoms with Crippen LogP contribution in [0.5, 0.6) is 0 Å². The molecular weight excluding hydrogens is 289 g/mol. The van der Waals surface area contributed by atoms with Crippen LogP contribution in [0.3, 0.4) is 0 Å². The van der Waals surface area contributed by atoms with Crippen LogP contribution in [0.2, 0.25) is 0 Å². The summed E-state index contributed by atoms with van der Waals surface area (Å²) in [4.78, 5) is 4.79. The van der Waals surface area contributed by atoms with Crippen molar-refractivity contribution in [3.8, 4) is 11.4 Å². The summed E-state index contributed by atoms with van der Waals surface area (Å²) in [7, 11) is 0. The van der Waals surface area contributed by atoms with Crippen LogP contribution in [-0.2, 0) is 6.54 Å². The fraction of sp³-hybridized carbons (Fsp3) is 0.316. The predicted octanol–water partition coefficient (Wildman–Crippen LogP) is 4.20. The molecular formula is C19H22FN3. The molecule has 3 rings (SSSR count). The van der Waals surface area contributed by atoms with Crippen molar-refractivity contribution >= 4 is 11.0 Å². The summed E-state index contributed by atoms with van der Waals surface area (Å²) in [5.41, 5.74) is 11.6. The molecule has 0 radical (unpaired) electrons. The first kappa shape index (κ1) is 15.7. The standard InChI is InChI=1S/C19H22FN3/c1-4-16(21)11-23-18-10-13(3)12(2)9-17(18)22-19(23)14-5-7-15(20)8-6-14/h5-10,16H,4,11,21H2,1-3H3. The Kier molecular flexibility index (Phi) is 4.18. The molecule has 0 saturated heterocycles. The molecule has 0 amide bonds. The van der Waals surface area contributed by atoms with E-state index >= 15 is 0 Å². The zero-order valence-electron chi connectivity index (χ0n) is 13.8. The van der Waals surface area contributed by atoms with Crippen molar-refractivity contribution < 1.29 is 4.39 Å². The van der Waals surface area contributed by atoms with Gasteiger partial charge in [-0.25, -0.2) is 9.37 Å². The maximum atomic E-state index is 13.2. The van der Waals surface area contributed by atoms with Crippen LogP contribution in [0.4, 0.5) is 4.39 Å². The van der Waals surface area contributed by atoms with E-state index in [0.29, 0.717) is 6.54 Å². The molecule has 3 aromatic rings. The second-order valence-electron chi connectivity index (χ2n) is 6.15. The minimum atomic E-state index is -0.242. The smallest absolute Gasteiger partial charge is 0.141 e. The maximum Gasteiger partial charge on any atom is 0.141 e. The molecule has 0 spiro atoms. The molecule has 1 aromatic heterocycles. The van der Waals surface area contributed by atoms with Gasteiger partial charge in [0, 0.05) is 18.2 Å². The van der Waals surface area contributed by atoms with Gasteiger partial charge in [0.15, 0.2) is 0 Å². The van der Waals surface area contributed by atoms with Gasteiger partial charge in [-0.05, 0) is 67.8 Å². The van der Waals surface area contributed by atoms with E-state index in [2.05, 4.69) is 37.5 Å². The molecule has 1 unspecified atom stereocenters. The number of hydrogen-bond acceptors (Lipinski definition) is 2. The number of halogens is 1. The summed E-state index contributed by atoms with van der Waals surface area (Å²) in [6, 6.07) is 10.8. The third-order valence-electron chi connectivity index (χ3n) is 4.41. The normalized spacial score (nSPS) is 12.7. The summed E-state index contributed by atoms with van der Waals surface area (Å²) >= 11 is 0. The van der Waals surface area contributed by atoms with E-state index in [1.165, 1.54) is 23.3 Å². The van der Waals surface area contributed by atoms with Crippen molar-refractivity contribution in [3.05, 3.63) is 53.3 Å². The largest absolute Gasteiger partial charge is 0.326 e. The lowest BCUT2D eigenvalue weighted by atomic mass is 10.1. The Hall–Kier alpha value is -2.20. The molecule has 3 nitrogen and oxygen atoms in total. The maximum absolute atomic E-state index is 13.2. The Bertz CT molecular complexity index is 834. The SMILES string of the molecule is CCC(N)Cn1c(-c2ccc(F)cc2)nc2cc(C)c(C)cc21. The zero-order valence-corrected chi connectivity index (χ0v) is 13.8. The quantitative estimate of drug-likeness (QED) is 0.785. The molecule has 0 aliphatic rings. The van der Waals surface area contributed by atoms with Gasteiger partial charge in [0.2, 0.25) is 0 Å². The first-order chi connectivity index (χ1) is 11.0. The summed E-state index contributed by atoms with van der Waals surface area (Å²) in [6.07, 6.45) is 0.896. The van der Waals surface area contributed by atoms with E-state index in [1.54, 1.807) is 12.1 Å². The summed E-state index contributed by atoms with van der Waals surface area (Å²) in [5, 5.41) is 0. The molecule has 120 valence electrons. The van der Waals surface area contributed by atoms with Gasteiger partial charge in [0.1, 0.15) is 11.6 Å². The predicted molar refractivity (Wildman–Crippen MR) is 92.9 cm³/mol. The molecule has 0 bridgehead atoms. The molecule has 2 N–H and O–H groups in total. The number of nitrogens with zero attached hydrogens (tertiary/aromatic N) is 2. The number of aryl methyl sites for hydroxylation is 2. The first-order valence-electron chi connectivity index (χ1n) is 7.98. The number of aromatic nitrogens is 2. The molecule has 0 fully saturated rings. The van der Waals surface area contributed by atoms with E-state index in [1.807, 2.05) is 0 Å². The van der Waals surface area contributed by atoms with Crippen molar-refractivity contribution in [1.82, 2.24) is 9.55 Å². The minimum absolute atomic E-state index is 0.0632. The van der Waals surface area contributed by atoms with Crippen molar-refractivity contribution in [3.63, 3.8) is 0 Å². The van der Waals surface area contributed by atoms with Crippen molar-refractivity contribution in [1.29, 1.82) is 0 Å².